The minimum absolute atomic E-state index is 0.164. The Morgan fingerprint density at radius 2 is 1.50 bits per heavy atom. The van der Waals surface area contributed by atoms with Crippen LogP contribution in [0.2, 0.25) is 10.3 Å². The summed E-state index contributed by atoms with van der Waals surface area (Å²) in [5, 5.41) is 3.10. The number of amides is 1. The summed E-state index contributed by atoms with van der Waals surface area (Å²) in [6, 6.07) is 6.55. The summed E-state index contributed by atoms with van der Waals surface area (Å²) >= 11 is 21.7. The molecular weight excluding hydrogens is 499 g/mol. The Morgan fingerprint density at radius 1 is 1.00 bits per heavy atom. The van der Waals surface area contributed by atoms with Crippen molar-refractivity contribution in [3.63, 3.8) is 0 Å². The predicted octanol–water partition coefficient (Wildman–Crippen LogP) is 5.93. The molecule has 1 aromatic heterocycles. The van der Waals surface area contributed by atoms with E-state index in [1.165, 1.54) is 12.1 Å². The van der Waals surface area contributed by atoms with Crippen LogP contribution in [0.5, 0.6) is 0 Å². The maximum atomic E-state index is 12.2. The number of hydrogen-bond donors (Lipinski definition) is 1. The van der Waals surface area contributed by atoms with Gasteiger partial charge in [-0.2, -0.15) is 0 Å². The van der Waals surface area contributed by atoms with E-state index in [1.54, 1.807) is 0 Å². The van der Waals surface area contributed by atoms with Crippen LogP contribution in [0.1, 0.15) is 10.4 Å². The highest BCUT2D eigenvalue weighted by Crippen LogP contribution is 2.34. The monoisotopic (exact) mass is 500 g/mol. The molecular formula is C12H5Br3Cl2N2O. The van der Waals surface area contributed by atoms with E-state index >= 15 is 0 Å². The molecule has 0 aliphatic carbocycles. The predicted molar refractivity (Wildman–Crippen MR) is 91.8 cm³/mol. The van der Waals surface area contributed by atoms with Crippen LogP contribution in [0.3, 0.4) is 0 Å². The smallest absolute Gasteiger partial charge is 0.255 e. The van der Waals surface area contributed by atoms with Gasteiger partial charge in [0.2, 0.25) is 0 Å². The third-order valence-electron chi connectivity index (χ3n) is 2.27. The van der Waals surface area contributed by atoms with E-state index in [2.05, 4.69) is 58.1 Å². The molecule has 1 aromatic carbocycles. The van der Waals surface area contributed by atoms with Gasteiger partial charge in [0.15, 0.2) is 0 Å². The van der Waals surface area contributed by atoms with E-state index in [9.17, 15) is 4.79 Å². The van der Waals surface area contributed by atoms with Gasteiger partial charge >= 0.3 is 0 Å². The van der Waals surface area contributed by atoms with Gasteiger partial charge in [0.1, 0.15) is 10.3 Å². The van der Waals surface area contributed by atoms with E-state index in [0.717, 1.165) is 13.4 Å². The molecule has 8 heteroatoms. The number of carbonyl (C=O) groups excluding carboxylic acids is 1. The van der Waals surface area contributed by atoms with Crippen LogP contribution in [-0.2, 0) is 0 Å². The van der Waals surface area contributed by atoms with Crippen molar-refractivity contribution in [1.82, 2.24) is 4.98 Å². The molecule has 20 heavy (non-hydrogen) atoms. The number of hydrogen-bond acceptors (Lipinski definition) is 2. The molecule has 1 N–H and O–H groups in total. The van der Waals surface area contributed by atoms with Gasteiger partial charge in [-0.25, -0.2) is 4.98 Å². The fraction of sp³-hybridized carbons (Fsp3) is 0. The lowest BCUT2D eigenvalue weighted by molar-refractivity contribution is 0.102. The molecule has 0 fully saturated rings. The lowest BCUT2D eigenvalue weighted by Crippen LogP contribution is -2.13. The van der Waals surface area contributed by atoms with Crippen LogP contribution in [0, 0.1) is 0 Å². The highest BCUT2D eigenvalue weighted by atomic mass is 79.9. The van der Waals surface area contributed by atoms with Gasteiger partial charge in [-0.3, -0.25) is 4.79 Å². The van der Waals surface area contributed by atoms with Gasteiger partial charge in [-0.1, -0.05) is 39.1 Å². The standard InChI is InChI=1S/C12H5Br3Cl2N2O/c13-6-3-7(14)11(8(15)4-6)19-12(20)5-1-9(16)18-10(17)2-5/h1-4H,(H,19,20). The molecule has 0 atom stereocenters. The molecule has 2 aromatic rings. The first-order chi connectivity index (χ1) is 9.36. The van der Waals surface area contributed by atoms with Crippen LogP contribution < -0.4 is 5.32 Å². The zero-order valence-corrected chi connectivity index (χ0v) is 15.8. The summed E-state index contributed by atoms with van der Waals surface area (Å²) in [6.07, 6.45) is 0. The summed E-state index contributed by atoms with van der Waals surface area (Å²) in [6.45, 7) is 0. The van der Waals surface area contributed by atoms with E-state index < -0.39 is 0 Å². The summed E-state index contributed by atoms with van der Waals surface area (Å²) in [5.41, 5.74) is 0.943. The highest BCUT2D eigenvalue weighted by molar-refractivity contribution is 9.11. The van der Waals surface area contributed by atoms with Crippen molar-refractivity contribution in [1.29, 1.82) is 0 Å². The van der Waals surface area contributed by atoms with Crippen molar-refractivity contribution in [3.8, 4) is 0 Å². The normalized spacial score (nSPS) is 10.4. The first kappa shape index (κ1) is 16.2. The summed E-state index contributed by atoms with van der Waals surface area (Å²) in [5.74, 6) is -0.333. The Balaban J connectivity index is 2.32. The average molecular weight is 504 g/mol. The zero-order chi connectivity index (χ0) is 14.9. The number of benzene rings is 1. The third kappa shape index (κ3) is 3.95. The Kier molecular flexibility index (Phi) is 5.48. The molecule has 1 heterocycles. The van der Waals surface area contributed by atoms with Gasteiger partial charge < -0.3 is 5.32 Å². The highest BCUT2D eigenvalue weighted by Gasteiger charge is 2.13. The van der Waals surface area contributed by atoms with Crippen molar-refractivity contribution in [2.24, 2.45) is 0 Å². The topological polar surface area (TPSA) is 42.0 Å². The SMILES string of the molecule is O=C(Nc1c(Br)cc(Br)cc1Br)c1cc(Cl)nc(Cl)c1. The number of carbonyl (C=O) groups is 1. The Labute approximate surface area is 150 Å². The summed E-state index contributed by atoms with van der Waals surface area (Å²) < 4.78 is 2.35. The molecule has 1 amide bonds. The Morgan fingerprint density at radius 3 is 2.00 bits per heavy atom. The van der Waals surface area contributed by atoms with E-state index in [4.69, 9.17) is 23.2 Å². The number of halogens is 5. The molecule has 0 bridgehead atoms. The summed E-state index contributed by atoms with van der Waals surface area (Å²) in [7, 11) is 0. The van der Waals surface area contributed by atoms with E-state index in [1.807, 2.05) is 12.1 Å². The molecule has 0 saturated heterocycles. The van der Waals surface area contributed by atoms with Crippen molar-refractivity contribution < 1.29 is 4.79 Å². The number of anilines is 1. The quantitative estimate of drug-likeness (QED) is 0.516. The van der Waals surface area contributed by atoms with Crippen LogP contribution in [0.25, 0.3) is 0 Å². The Bertz CT molecular complexity index is 651. The molecule has 0 aliphatic heterocycles. The number of nitrogens with one attached hydrogen (secondary N) is 1. The van der Waals surface area contributed by atoms with Gasteiger partial charge in [-0.15, -0.1) is 0 Å². The number of rotatable bonds is 2. The van der Waals surface area contributed by atoms with Crippen LogP contribution in [0.15, 0.2) is 37.7 Å². The fourth-order valence-corrected chi connectivity index (χ4v) is 4.36. The number of pyridine rings is 1. The van der Waals surface area contributed by atoms with Crippen LogP contribution in [0.4, 0.5) is 5.69 Å². The largest absolute Gasteiger partial charge is 0.320 e. The first-order valence-corrected chi connectivity index (χ1v) is 8.29. The Hall–Kier alpha value is -0.140. The maximum absolute atomic E-state index is 12.2. The molecule has 0 saturated carbocycles. The molecule has 0 spiro atoms. The second-order valence-corrected chi connectivity index (χ2v) is 7.10. The van der Waals surface area contributed by atoms with Gasteiger partial charge in [0.05, 0.1) is 5.69 Å². The molecule has 0 unspecified atom stereocenters. The molecule has 2 rings (SSSR count). The molecule has 0 radical (unpaired) electrons. The molecule has 3 nitrogen and oxygen atoms in total. The zero-order valence-electron chi connectivity index (χ0n) is 9.55. The minimum atomic E-state index is -0.333. The number of aromatic nitrogens is 1. The molecule has 104 valence electrons. The van der Waals surface area contributed by atoms with Gasteiger partial charge in [-0.05, 0) is 56.1 Å². The summed E-state index contributed by atoms with van der Waals surface area (Å²) in [4.78, 5) is 16.0. The van der Waals surface area contributed by atoms with Crippen molar-refractivity contribution in [2.75, 3.05) is 5.32 Å². The van der Waals surface area contributed by atoms with Gasteiger partial charge in [0.25, 0.3) is 5.91 Å². The lowest BCUT2D eigenvalue weighted by atomic mass is 10.2. The second kappa shape index (κ2) is 6.75. The third-order valence-corrected chi connectivity index (χ3v) is 4.37. The van der Waals surface area contributed by atoms with Crippen molar-refractivity contribution in [2.45, 2.75) is 0 Å². The van der Waals surface area contributed by atoms with Crippen molar-refractivity contribution in [3.05, 3.63) is 53.6 Å². The van der Waals surface area contributed by atoms with Crippen LogP contribution in [-0.4, -0.2) is 10.9 Å². The average Bonchev–Trinajstić information content (AvgIpc) is 2.32. The minimum Gasteiger partial charge on any atom is -0.320 e. The number of nitrogens with zero attached hydrogens (tertiary/aromatic N) is 1. The first-order valence-electron chi connectivity index (χ1n) is 5.16. The lowest BCUT2D eigenvalue weighted by Gasteiger charge is -2.10. The van der Waals surface area contributed by atoms with Crippen LogP contribution >= 0.6 is 71.0 Å². The maximum Gasteiger partial charge on any atom is 0.255 e. The molecule has 0 aliphatic rings. The van der Waals surface area contributed by atoms with Gasteiger partial charge in [0, 0.05) is 19.0 Å². The van der Waals surface area contributed by atoms with Crippen molar-refractivity contribution >= 4 is 82.6 Å². The van der Waals surface area contributed by atoms with E-state index in [-0.39, 0.29) is 16.2 Å². The van der Waals surface area contributed by atoms with E-state index in [0.29, 0.717) is 11.3 Å². The second-order valence-electron chi connectivity index (χ2n) is 3.70. The fourth-order valence-electron chi connectivity index (χ4n) is 1.44.